The van der Waals surface area contributed by atoms with Crippen molar-refractivity contribution in [2.24, 2.45) is 34.2 Å². The summed E-state index contributed by atoms with van der Waals surface area (Å²) in [4.78, 5) is 12.4. The van der Waals surface area contributed by atoms with Gasteiger partial charge < -0.3 is 4.18 Å². The zero-order valence-corrected chi connectivity index (χ0v) is 14.8. The summed E-state index contributed by atoms with van der Waals surface area (Å²) >= 11 is 0. The van der Waals surface area contributed by atoms with Crippen molar-refractivity contribution in [3.63, 3.8) is 0 Å². The molecule has 0 saturated heterocycles. The molecule has 0 radical (unpaired) electrons. The smallest absolute Gasteiger partial charge is 0.371 e. The first-order chi connectivity index (χ1) is 11.3. The van der Waals surface area contributed by atoms with E-state index in [-0.39, 0.29) is 5.41 Å². The Morgan fingerprint density at radius 1 is 1.21 bits per heavy atom. The first-order valence-electron chi connectivity index (χ1n) is 8.94. The Bertz CT molecular complexity index is 738. The number of hydrogen-bond donors (Lipinski definition) is 1. The average Bonchev–Trinajstić information content (AvgIpc) is 2.81. The highest BCUT2D eigenvalue weighted by atomic mass is 32.2. The fourth-order valence-corrected chi connectivity index (χ4v) is 6.36. The number of carbonyl (C=O) groups excluding carboxylic acids is 1. The number of fused-ring (bicyclic) bond motifs is 5. The van der Waals surface area contributed by atoms with Crippen LogP contribution >= 0.6 is 0 Å². The summed E-state index contributed by atoms with van der Waals surface area (Å²) in [6, 6.07) is 0. The van der Waals surface area contributed by atoms with Gasteiger partial charge in [-0.05, 0) is 74.3 Å². The van der Waals surface area contributed by atoms with Crippen LogP contribution in [0.2, 0.25) is 0 Å². The number of ketones is 1. The van der Waals surface area contributed by atoms with Gasteiger partial charge in [0.25, 0.3) is 0 Å². The van der Waals surface area contributed by atoms with Crippen molar-refractivity contribution in [1.82, 2.24) is 0 Å². The molecule has 3 fully saturated rings. The SMILES string of the molecule is CC12CCC3C4CC=C(OS(N)(=O)=O)C=C4CCC3C1CCC2=O. The Morgan fingerprint density at radius 3 is 2.75 bits per heavy atom. The highest BCUT2D eigenvalue weighted by Crippen LogP contribution is 2.60. The molecule has 3 saturated carbocycles. The minimum absolute atomic E-state index is 0.0885. The molecule has 0 aromatic heterocycles. The highest BCUT2D eigenvalue weighted by Gasteiger charge is 2.55. The van der Waals surface area contributed by atoms with Crippen molar-refractivity contribution in [2.45, 2.75) is 51.9 Å². The maximum atomic E-state index is 12.4. The first kappa shape index (κ1) is 16.3. The third-order valence-corrected chi connectivity index (χ3v) is 7.50. The van der Waals surface area contributed by atoms with E-state index in [0.717, 1.165) is 44.9 Å². The number of nitrogens with two attached hydrogens (primary N) is 1. The Morgan fingerprint density at radius 2 is 2.00 bits per heavy atom. The van der Waals surface area contributed by atoms with E-state index in [9.17, 15) is 13.2 Å². The lowest BCUT2D eigenvalue weighted by Crippen LogP contribution is -2.46. The second-order valence-electron chi connectivity index (χ2n) is 8.13. The molecule has 4 aliphatic rings. The Labute approximate surface area is 143 Å². The molecule has 24 heavy (non-hydrogen) atoms. The summed E-state index contributed by atoms with van der Waals surface area (Å²) in [5.41, 5.74) is 1.21. The van der Waals surface area contributed by atoms with Gasteiger partial charge in [0.15, 0.2) is 0 Å². The van der Waals surface area contributed by atoms with Gasteiger partial charge in [-0.2, -0.15) is 13.6 Å². The van der Waals surface area contributed by atoms with Crippen LogP contribution in [-0.4, -0.2) is 14.2 Å². The zero-order valence-electron chi connectivity index (χ0n) is 14.0. The molecule has 132 valence electrons. The molecule has 0 heterocycles. The van der Waals surface area contributed by atoms with Crippen LogP contribution in [0.1, 0.15) is 51.9 Å². The lowest BCUT2D eigenvalue weighted by atomic mass is 9.52. The standard InChI is InChI=1S/C18H25NO4S/c1-18-9-8-14-13-5-3-12(23-24(19,21)22)10-11(13)2-4-15(14)16(18)6-7-17(18)20/h3,10,13-16H,2,4-9H2,1H3,(H2,19,21,22). The fourth-order valence-electron chi connectivity index (χ4n) is 5.98. The Hall–Kier alpha value is -1.14. The third kappa shape index (κ3) is 2.54. The molecular formula is C18H25NO4S. The minimum Gasteiger partial charge on any atom is -0.371 e. The van der Waals surface area contributed by atoms with E-state index in [0.29, 0.717) is 35.2 Å². The van der Waals surface area contributed by atoms with E-state index in [4.69, 9.17) is 9.32 Å². The highest BCUT2D eigenvalue weighted by molar-refractivity contribution is 7.84. The van der Waals surface area contributed by atoms with Crippen molar-refractivity contribution in [2.75, 3.05) is 0 Å². The third-order valence-electron chi connectivity index (χ3n) is 7.07. The molecule has 0 amide bonds. The average molecular weight is 351 g/mol. The number of allylic oxidation sites excluding steroid dienone is 3. The van der Waals surface area contributed by atoms with E-state index in [1.54, 1.807) is 0 Å². The molecule has 5 nitrogen and oxygen atoms in total. The van der Waals surface area contributed by atoms with Gasteiger partial charge in [-0.15, -0.1) is 0 Å². The predicted molar refractivity (Wildman–Crippen MR) is 89.8 cm³/mol. The van der Waals surface area contributed by atoms with Crippen molar-refractivity contribution < 1.29 is 17.4 Å². The summed E-state index contributed by atoms with van der Waals surface area (Å²) in [6.07, 6.45) is 10.5. The van der Waals surface area contributed by atoms with Gasteiger partial charge >= 0.3 is 10.3 Å². The van der Waals surface area contributed by atoms with Crippen LogP contribution in [-0.2, 0) is 19.3 Å². The Kier molecular flexibility index (Phi) is 3.69. The monoisotopic (exact) mass is 351 g/mol. The van der Waals surface area contributed by atoms with Gasteiger partial charge in [0.1, 0.15) is 11.5 Å². The quantitative estimate of drug-likeness (QED) is 0.829. The maximum Gasteiger partial charge on any atom is 0.380 e. The second-order valence-corrected chi connectivity index (χ2v) is 9.29. The lowest BCUT2D eigenvalue weighted by molar-refractivity contribution is -0.130. The van der Waals surface area contributed by atoms with Gasteiger partial charge in [0, 0.05) is 11.8 Å². The topological polar surface area (TPSA) is 86.5 Å². The van der Waals surface area contributed by atoms with Crippen LogP contribution < -0.4 is 5.14 Å². The number of hydrogen-bond acceptors (Lipinski definition) is 4. The van der Waals surface area contributed by atoms with E-state index in [1.807, 2.05) is 12.2 Å². The van der Waals surface area contributed by atoms with Crippen molar-refractivity contribution in [3.05, 3.63) is 23.5 Å². The summed E-state index contributed by atoms with van der Waals surface area (Å²) in [6.45, 7) is 2.19. The molecule has 6 heteroatoms. The maximum absolute atomic E-state index is 12.4. The van der Waals surface area contributed by atoms with E-state index in [1.165, 1.54) is 5.57 Å². The van der Waals surface area contributed by atoms with Gasteiger partial charge in [-0.25, -0.2) is 0 Å². The summed E-state index contributed by atoms with van der Waals surface area (Å²) < 4.78 is 27.1. The van der Waals surface area contributed by atoms with Gasteiger partial charge in [0.05, 0.1) is 0 Å². The zero-order chi connectivity index (χ0) is 17.1. The van der Waals surface area contributed by atoms with Crippen molar-refractivity contribution in [1.29, 1.82) is 0 Å². The van der Waals surface area contributed by atoms with Crippen molar-refractivity contribution >= 4 is 16.1 Å². The molecule has 4 rings (SSSR count). The number of carbonyl (C=O) groups is 1. The van der Waals surface area contributed by atoms with Crippen LogP contribution in [0.3, 0.4) is 0 Å². The van der Waals surface area contributed by atoms with Gasteiger partial charge in [0.2, 0.25) is 0 Å². The largest absolute Gasteiger partial charge is 0.380 e. The van der Waals surface area contributed by atoms with E-state index >= 15 is 0 Å². The van der Waals surface area contributed by atoms with Crippen LogP contribution in [0.25, 0.3) is 0 Å². The molecule has 5 atom stereocenters. The predicted octanol–water partition coefficient (Wildman–Crippen LogP) is 2.84. The van der Waals surface area contributed by atoms with Crippen molar-refractivity contribution in [3.8, 4) is 0 Å². The molecule has 4 aliphatic carbocycles. The lowest BCUT2D eigenvalue weighted by Gasteiger charge is -2.51. The molecule has 0 bridgehead atoms. The van der Waals surface area contributed by atoms with Crippen LogP contribution in [0.15, 0.2) is 23.5 Å². The van der Waals surface area contributed by atoms with Crippen LogP contribution in [0.4, 0.5) is 0 Å². The molecule has 0 aromatic rings. The van der Waals surface area contributed by atoms with Crippen LogP contribution in [0, 0.1) is 29.1 Å². The molecule has 0 aliphatic heterocycles. The van der Waals surface area contributed by atoms with Gasteiger partial charge in [-0.1, -0.05) is 12.5 Å². The van der Waals surface area contributed by atoms with E-state index in [2.05, 4.69) is 6.92 Å². The second kappa shape index (κ2) is 5.43. The summed E-state index contributed by atoms with van der Waals surface area (Å²) in [5, 5.41) is 4.97. The summed E-state index contributed by atoms with van der Waals surface area (Å²) in [7, 11) is -3.96. The molecule has 0 spiro atoms. The molecule has 0 aromatic carbocycles. The summed E-state index contributed by atoms with van der Waals surface area (Å²) in [5.74, 6) is 3.08. The van der Waals surface area contributed by atoms with Crippen LogP contribution in [0.5, 0.6) is 0 Å². The number of Topliss-reactive ketones (excluding diaryl/α,β-unsaturated/α-hetero) is 1. The first-order valence-corrected chi connectivity index (χ1v) is 10.4. The van der Waals surface area contributed by atoms with E-state index < -0.39 is 10.3 Å². The van der Waals surface area contributed by atoms with Gasteiger partial charge in [-0.3, -0.25) is 4.79 Å². The fraction of sp³-hybridized carbons (Fsp3) is 0.722. The minimum atomic E-state index is -3.96. The normalized spacial score (nSPS) is 41.7. The molecule has 5 unspecified atom stereocenters. The molecular weight excluding hydrogens is 326 g/mol. The molecule has 2 N–H and O–H groups in total. The number of rotatable bonds is 2. The Balaban J connectivity index is 1.55.